The summed E-state index contributed by atoms with van der Waals surface area (Å²) >= 11 is 0. The first-order valence-electron chi connectivity index (χ1n) is 5.92. The Labute approximate surface area is 106 Å². The topological polar surface area (TPSA) is 79.3 Å². The van der Waals surface area contributed by atoms with Crippen LogP contribution >= 0.6 is 0 Å². The van der Waals surface area contributed by atoms with Crippen molar-refractivity contribution >= 4 is 11.9 Å². The fraction of sp³-hybridized carbons (Fsp3) is 0.462. The second kappa shape index (κ2) is 6.74. The number of aromatic nitrogens is 1. The molecule has 0 bridgehead atoms. The van der Waals surface area contributed by atoms with E-state index in [1.807, 2.05) is 19.9 Å². The van der Waals surface area contributed by atoms with Crippen LogP contribution in [-0.2, 0) is 4.79 Å². The van der Waals surface area contributed by atoms with Gasteiger partial charge >= 0.3 is 5.97 Å². The molecule has 1 unspecified atom stereocenters. The van der Waals surface area contributed by atoms with Crippen LogP contribution in [-0.4, -0.2) is 28.5 Å². The number of pyridine rings is 1. The Kier molecular flexibility index (Phi) is 5.30. The van der Waals surface area contributed by atoms with Crippen LogP contribution in [0.25, 0.3) is 0 Å². The molecular formula is C13H18N2O3. The first-order chi connectivity index (χ1) is 8.50. The predicted molar refractivity (Wildman–Crippen MR) is 67.3 cm³/mol. The summed E-state index contributed by atoms with van der Waals surface area (Å²) < 4.78 is 0. The SMILES string of the molecule is Cc1cccnc1C(=O)NCC(C)CCC(=O)O. The Morgan fingerprint density at radius 3 is 2.83 bits per heavy atom. The number of carboxylic acids is 1. The number of hydrogen-bond acceptors (Lipinski definition) is 3. The zero-order valence-corrected chi connectivity index (χ0v) is 10.6. The molecule has 2 N–H and O–H groups in total. The number of nitrogens with zero attached hydrogens (tertiary/aromatic N) is 1. The molecule has 18 heavy (non-hydrogen) atoms. The van der Waals surface area contributed by atoms with Crippen LogP contribution < -0.4 is 5.32 Å². The van der Waals surface area contributed by atoms with E-state index in [0.717, 1.165) is 5.56 Å². The highest BCUT2D eigenvalue weighted by Crippen LogP contribution is 2.06. The van der Waals surface area contributed by atoms with Gasteiger partial charge in [-0.2, -0.15) is 0 Å². The molecule has 0 fully saturated rings. The van der Waals surface area contributed by atoms with Crippen molar-refractivity contribution in [3.63, 3.8) is 0 Å². The Bertz CT molecular complexity index is 432. The lowest BCUT2D eigenvalue weighted by atomic mass is 10.1. The molecule has 1 amide bonds. The predicted octanol–water partition coefficient (Wildman–Crippen LogP) is 1.62. The van der Waals surface area contributed by atoms with Gasteiger partial charge in [-0.15, -0.1) is 0 Å². The minimum atomic E-state index is -0.811. The van der Waals surface area contributed by atoms with Gasteiger partial charge < -0.3 is 10.4 Å². The van der Waals surface area contributed by atoms with E-state index in [1.165, 1.54) is 0 Å². The molecule has 0 aliphatic rings. The van der Waals surface area contributed by atoms with Crippen molar-refractivity contribution in [3.05, 3.63) is 29.6 Å². The van der Waals surface area contributed by atoms with Gasteiger partial charge in [0.2, 0.25) is 0 Å². The number of rotatable bonds is 6. The maximum Gasteiger partial charge on any atom is 0.303 e. The van der Waals surface area contributed by atoms with E-state index in [9.17, 15) is 9.59 Å². The first-order valence-corrected chi connectivity index (χ1v) is 5.92. The standard InChI is InChI=1S/C13H18N2O3/c1-9(5-6-11(16)17)8-15-13(18)12-10(2)4-3-7-14-12/h3-4,7,9H,5-6,8H2,1-2H3,(H,15,18)(H,16,17). The summed E-state index contributed by atoms with van der Waals surface area (Å²) in [5.74, 6) is -0.891. The summed E-state index contributed by atoms with van der Waals surface area (Å²) in [6, 6.07) is 3.61. The van der Waals surface area contributed by atoms with Gasteiger partial charge in [0.15, 0.2) is 0 Å². The summed E-state index contributed by atoms with van der Waals surface area (Å²) in [6.07, 6.45) is 2.26. The third kappa shape index (κ3) is 4.53. The number of hydrogen-bond donors (Lipinski definition) is 2. The molecule has 5 heteroatoms. The minimum absolute atomic E-state index is 0.125. The van der Waals surface area contributed by atoms with Crippen molar-refractivity contribution in [1.29, 1.82) is 0 Å². The molecule has 1 rings (SSSR count). The van der Waals surface area contributed by atoms with Crippen molar-refractivity contribution in [1.82, 2.24) is 10.3 Å². The highest BCUT2D eigenvalue weighted by Gasteiger charge is 2.11. The fourth-order valence-corrected chi connectivity index (χ4v) is 1.55. The van der Waals surface area contributed by atoms with Crippen LogP contribution in [0.15, 0.2) is 18.3 Å². The normalized spacial score (nSPS) is 11.9. The summed E-state index contributed by atoms with van der Waals surface area (Å²) in [7, 11) is 0. The molecule has 1 aromatic heterocycles. The number of nitrogens with one attached hydrogen (secondary N) is 1. The van der Waals surface area contributed by atoms with Crippen LogP contribution in [0.4, 0.5) is 0 Å². The quantitative estimate of drug-likeness (QED) is 0.804. The first kappa shape index (κ1) is 14.2. The van der Waals surface area contributed by atoms with Gasteiger partial charge in [0.25, 0.3) is 5.91 Å². The van der Waals surface area contributed by atoms with Crippen molar-refractivity contribution in [2.75, 3.05) is 6.54 Å². The lowest BCUT2D eigenvalue weighted by molar-refractivity contribution is -0.137. The van der Waals surface area contributed by atoms with Crippen LogP contribution in [0.2, 0.25) is 0 Å². The zero-order valence-electron chi connectivity index (χ0n) is 10.6. The maximum absolute atomic E-state index is 11.8. The molecular weight excluding hydrogens is 232 g/mol. The zero-order chi connectivity index (χ0) is 13.5. The molecule has 98 valence electrons. The average Bonchev–Trinajstić information content (AvgIpc) is 2.34. The van der Waals surface area contributed by atoms with Gasteiger partial charge in [-0.05, 0) is 30.9 Å². The number of carbonyl (C=O) groups excluding carboxylic acids is 1. The van der Waals surface area contributed by atoms with Crippen LogP contribution in [0, 0.1) is 12.8 Å². The number of carbonyl (C=O) groups is 2. The molecule has 0 radical (unpaired) electrons. The summed E-state index contributed by atoms with van der Waals surface area (Å²) in [5, 5.41) is 11.3. The van der Waals surface area contributed by atoms with Gasteiger partial charge in [0.1, 0.15) is 5.69 Å². The van der Waals surface area contributed by atoms with Crippen molar-refractivity contribution < 1.29 is 14.7 Å². The molecule has 5 nitrogen and oxygen atoms in total. The van der Waals surface area contributed by atoms with Crippen LogP contribution in [0.5, 0.6) is 0 Å². The van der Waals surface area contributed by atoms with Gasteiger partial charge in [0, 0.05) is 19.2 Å². The molecule has 1 atom stereocenters. The third-order valence-electron chi connectivity index (χ3n) is 2.69. The van der Waals surface area contributed by atoms with Gasteiger partial charge in [-0.25, -0.2) is 0 Å². The van der Waals surface area contributed by atoms with E-state index in [-0.39, 0.29) is 18.2 Å². The molecule has 0 spiro atoms. The lowest BCUT2D eigenvalue weighted by Crippen LogP contribution is -2.29. The maximum atomic E-state index is 11.8. The summed E-state index contributed by atoms with van der Waals surface area (Å²) in [5.41, 5.74) is 1.25. The lowest BCUT2D eigenvalue weighted by Gasteiger charge is -2.11. The van der Waals surface area contributed by atoms with E-state index in [4.69, 9.17) is 5.11 Å². The smallest absolute Gasteiger partial charge is 0.303 e. The molecule has 1 aromatic rings. The molecule has 0 saturated carbocycles. The number of carboxylic acid groups (broad SMARTS) is 1. The van der Waals surface area contributed by atoms with E-state index >= 15 is 0 Å². The van der Waals surface area contributed by atoms with Crippen molar-refractivity contribution in [2.45, 2.75) is 26.7 Å². The Morgan fingerprint density at radius 2 is 2.22 bits per heavy atom. The largest absolute Gasteiger partial charge is 0.481 e. The Hall–Kier alpha value is -1.91. The monoisotopic (exact) mass is 250 g/mol. The molecule has 0 saturated heterocycles. The molecule has 1 heterocycles. The Balaban J connectivity index is 2.42. The number of amides is 1. The highest BCUT2D eigenvalue weighted by molar-refractivity contribution is 5.93. The molecule has 0 aliphatic carbocycles. The van der Waals surface area contributed by atoms with Crippen molar-refractivity contribution in [3.8, 4) is 0 Å². The summed E-state index contributed by atoms with van der Waals surface area (Å²) in [4.78, 5) is 26.3. The summed E-state index contributed by atoms with van der Waals surface area (Å²) in [6.45, 7) is 4.20. The van der Waals surface area contributed by atoms with Gasteiger partial charge in [-0.3, -0.25) is 14.6 Å². The van der Waals surface area contributed by atoms with E-state index in [0.29, 0.717) is 18.7 Å². The molecule has 0 aliphatic heterocycles. The average molecular weight is 250 g/mol. The minimum Gasteiger partial charge on any atom is -0.481 e. The second-order valence-electron chi connectivity index (χ2n) is 4.42. The van der Waals surface area contributed by atoms with Crippen LogP contribution in [0.3, 0.4) is 0 Å². The van der Waals surface area contributed by atoms with Gasteiger partial charge in [0.05, 0.1) is 0 Å². The fourth-order valence-electron chi connectivity index (χ4n) is 1.55. The Morgan fingerprint density at radius 1 is 1.50 bits per heavy atom. The van der Waals surface area contributed by atoms with Crippen LogP contribution in [0.1, 0.15) is 35.8 Å². The highest BCUT2D eigenvalue weighted by atomic mass is 16.4. The second-order valence-corrected chi connectivity index (χ2v) is 4.42. The number of aryl methyl sites for hydroxylation is 1. The van der Waals surface area contributed by atoms with E-state index in [2.05, 4.69) is 10.3 Å². The van der Waals surface area contributed by atoms with Crippen molar-refractivity contribution in [2.24, 2.45) is 5.92 Å². The van der Waals surface area contributed by atoms with E-state index < -0.39 is 5.97 Å². The number of aliphatic carboxylic acids is 1. The molecule has 0 aromatic carbocycles. The van der Waals surface area contributed by atoms with E-state index in [1.54, 1.807) is 12.3 Å². The third-order valence-corrected chi connectivity index (χ3v) is 2.69. The van der Waals surface area contributed by atoms with Gasteiger partial charge in [-0.1, -0.05) is 13.0 Å².